The minimum atomic E-state index is -4.71. The number of ether oxygens (including phenoxy) is 2. The molecule has 6 rings (SSSR count). The quantitative estimate of drug-likeness (QED) is 0.239. The highest BCUT2D eigenvalue weighted by molar-refractivity contribution is 5.92. The van der Waals surface area contributed by atoms with Crippen molar-refractivity contribution in [2.24, 2.45) is 0 Å². The minimum absolute atomic E-state index is 0.0265. The van der Waals surface area contributed by atoms with Gasteiger partial charge in [-0.2, -0.15) is 26.3 Å². The van der Waals surface area contributed by atoms with Crippen molar-refractivity contribution >= 4 is 17.0 Å². The number of halogens is 6. The predicted octanol–water partition coefficient (Wildman–Crippen LogP) is 6.09. The number of hydrogen-bond donors (Lipinski definition) is 1. The molecule has 8 nitrogen and oxygen atoms in total. The lowest BCUT2D eigenvalue weighted by molar-refractivity contribution is -0.139. The third kappa shape index (κ3) is 6.22. The fourth-order valence-electron chi connectivity index (χ4n) is 5.41. The van der Waals surface area contributed by atoms with E-state index in [1.54, 1.807) is 12.1 Å². The second-order valence-electron chi connectivity index (χ2n) is 10.8. The number of rotatable bonds is 8. The average Bonchev–Trinajstić information content (AvgIpc) is 3.28. The number of aromatic carboxylic acids is 1. The molecule has 0 saturated carbocycles. The van der Waals surface area contributed by atoms with Gasteiger partial charge in [0, 0.05) is 25.9 Å². The molecule has 44 heavy (non-hydrogen) atoms. The Kier molecular flexibility index (Phi) is 7.74. The molecule has 2 aliphatic rings. The molecule has 2 aromatic carbocycles. The first-order chi connectivity index (χ1) is 20.8. The van der Waals surface area contributed by atoms with Gasteiger partial charge in [-0.15, -0.1) is 0 Å². The van der Waals surface area contributed by atoms with Gasteiger partial charge in [-0.3, -0.25) is 9.88 Å². The summed E-state index contributed by atoms with van der Waals surface area (Å²) in [6.45, 7) is 1.81. The molecule has 4 heterocycles. The molecule has 4 aromatic rings. The minimum Gasteiger partial charge on any atom is -0.487 e. The topological polar surface area (TPSA) is 89.7 Å². The molecule has 0 bridgehead atoms. The van der Waals surface area contributed by atoms with Gasteiger partial charge >= 0.3 is 18.3 Å². The highest BCUT2D eigenvalue weighted by atomic mass is 19.4. The van der Waals surface area contributed by atoms with Crippen molar-refractivity contribution in [1.29, 1.82) is 0 Å². The molecule has 232 valence electrons. The molecule has 0 aliphatic carbocycles. The Labute approximate surface area is 246 Å². The molecular weight excluding hydrogens is 594 g/mol. The Morgan fingerprint density at radius 1 is 1.05 bits per heavy atom. The van der Waals surface area contributed by atoms with E-state index in [-0.39, 0.29) is 17.4 Å². The van der Waals surface area contributed by atoms with Crippen LogP contribution in [0.4, 0.5) is 26.3 Å². The maximum Gasteiger partial charge on any atom is 0.419 e. The van der Waals surface area contributed by atoms with Gasteiger partial charge in [0.25, 0.3) is 0 Å². The Morgan fingerprint density at radius 3 is 2.48 bits per heavy atom. The maximum atomic E-state index is 14.0. The molecule has 14 heteroatoms. The Bertz CT molecular complexity index is 1700. The second-order valence-corrected chi connectivity index (χ2v) is 10.8. The summed E-state index contributed by atoms with van der Waals surface area (Å²) in [5.74, 6) is -0.812. The Balaban J connectivity index is 1.24. The zero-order valence-corrected chi connectivity index (χ0v) is 23.1. The Hall–Kier alpha value is -4.17. The summed E-state index contributed by atoms with van der Waals surface area (Å²) in [7, 11) is 0. The highest BCUT2D eigenvalue weighted by Crippen LogP contribution is 2.40. The Morgan fingerprint density at radius 2 is 1.84 bits per heavy atom. The molecule has 0 spiro atoms. The van der Waals surface area contributed by atoms with Gasteiger partial charge in [0.2, 0.25) is 0 Å². The van der Waals surface area contributed by atoms with Crippen LogP contribution in [0.25, 0.3) is 11.0 Å². The number of nitrogens with zero attached hydrogens (tertiary/aromatic N) is 4. The van der Waals surface area contributed by atoms with E-state index < -0.39 is 41.8 Å². The summed E-state index contributed by atoms with van der Waals surface area (Å²) in [5, 5.41) is 9.48. The fraction of sp³-hybridized carbons (Fsp3) is 0.367. The first kappa shape index (κ1) is 29.9. The van der Waals surface area contributed by atoms with Crippen molar-refractivity contribution in [3.63, 3.8) is 0 Å². The number of fused-ring (bicyclic) bond motifs is 2. The zero-order valence-electron chi connectivity index (χ0n) is 23.1. The smallest absolute Gasteiger partial charge is 0.419 e. The van der Waals surface area contributed by atoms with E-state index in [4.69, 9.17) is 14.5 Å². The number of alkyl halides is 6. The van der Waals surface area contributed by atoms with Crippen LogP contribution in [0, 0.1) is 0 Å². The van der Waals surface area contributed by atoms with Crippen LogP contribution in [0.2, 0.25) is 0 Å². The summed E-state index contributed by atoms with van der Waals surface area (Å²) in [5.41, 5.74) is 0.681. The van der Waals surface area contributed by atoms with E-state index >= 15 is 0 Å². The summed E-state index contributed by atoms with van der Waals surface area (Å²) in [4.78, 5) is 22.1. The monoisotopic (exact) mass is 620 g/mol. The van der Waals surface area contributed by atoms with Gasteiger partial charge in [0.1, 0.15) is 18.2 Å². The van der Waals surface area contributed by atoms with Crippen molar-refractivity contribution < 1.29 is 45.7 Å². The largest absolute Gasteiger partial charge is 0.487 e. The molecule has 2 aromatic heterocycles. The van der Waals surface area contributed by atoms with E-state index in [1.807, 2.05) is 9.47 Å². The number of hydrogen-bond acceptors (Lipinski definition) is 6. The van der Waals surface area contributed by atoms with Gasteiger partial charge in [-0.1, -0.05) is 0 Å². The lowest BCUT2D eigenvalue weighted by atomic mass is 9.96. The van der Waals surface area contributed by atoms with Crippen molar-refractivity contribution in [2.45, 2.75) is 57.5 Å². The van der Waals surface area contributed by atoms with Crippen LogP contribution in [0.15, 0.2) is 48.7 Å². The standard InChI is InChI=1S/C30H26F6N4O4/c31-29(32,33)20-2-3-21(37-12-20)16-44-26-11-19-13-39(7-5-17(19)9-23(26)30(34,35)36)15-27-38-24-4-1-18(28(41)42)10-25(24)40(27)14-22-6-8-43-22/h1-4,9-12,22H,5-8,13-16H2,(H,41,42)/t22-/m0/s1. The van der Waals surface area contributed by atoms with Crippen LogP contribution < -0.4 is 4.74 Å². The van der Waals surface area contributed by atoms with E-state index in [2.05, 4.69) is 4.98 Å². The number of pyridine rings is 1. The number of aromatic nitrogens is 3. The molecule has 1 fully saturated rings. The third-order valence-electron chi connectivity index (χ3n) is 7.85. The van der Waals surface area contributed by atoms with Crippen molar-refractivity contribution in [1.82, 2.24) is 19.4 Å². The average molecular weight is 621 g/mol. The number of imidazole rings is 1. The van der Waals surface area contributed by atoms with E-state index in [0.29, 0.717) is 73.4 Å². The lowest BCUT2D eigenvalue weighted by Crippen LogP contribution is -2.34. The number of carboxylic acid groups (broad SMARTS) is 1. The van der Waals surface area contributed by atoms with Crippen LogP contribution in [-0.4, -0.2) is 49.8 Å². The summed E-state index contributed by atoms with van der Waals surface area (Å²) < 4.78 is 93.5. The maximum absolute atomic E-state index is 14.0. The first-order valence-corrected chi connectivity index (χ1v) is 13.8. The van der Waals surface area contributed by atoms with Gasteiger partial charge < -0.3 is 19.1 Å². The van der Waals surface area contributed by atoms with E-state index in [0.717, 1.165) is 24.6 Å². The lowest BCUT2D eigenvalue weighted by Gasteiger charge is -2.31. The van der Waals surface area contributed by atoms with Crippen LogP contribution in [-0.2, 0) is 49.8 Å². The van der Waals surface area contributed by atoms with Gasteiger partial charge in [-0.05, 0) is 66.4 Å². The first-order valence-electron chi connectivity index (χ1n) is 13.8. The van der Waals surface area contributed by atoms with Crippen LogP contribution in [0.1, 0.15) is 50.6 Å². The predicted molar refractivity (Wildman–Crippen MR) is 144 cm³/mol. The molecule has 1 N–H and O–H groups in total. The van der Waals surface area contributed by atoms with Crippen molar-refractivity contribution in [3.05, 3.63) is 88.0 Å². The van der Waals surface area contributed by atoms with Gasteiger partial charge in [0.05, 0.1) is 52.6 Å². The molecule has 0 radical (unpaired) electrons. The third-order valence-corrected chi connectivity index (χ3v) is 7.85. The van der Waals surface area contributed by atoms with Crippen molar-refractivity contribution in [2.75, 3.05) is 13.2 Å². The highest BCUT2D eigenvalue weighted by Gasteiger charge is 2.36. The van der Waals surface area contributed by atoms with Gasteiger partial charge in [0.15, 0.2) is 0 Å². The zero-order chi connectivity index (χ0) is 31.2. The van der Waals surface area contributed by atoms with Crippen LogP contribution in [0.5, 0.6) is 5.75 Å². The summed E-state index contributed by atoms with van der Waals surface area (Å²) in [6.07, 6.45) is -7.51. The van der Waals surface area contributed by atoms with E-state index in [9.17, 15) is 36.2 Å². The molecule has 2 aliphatic heterocycles. The SMILES string of the molecule is O=C(O)c1ccc2nc(CN3CCc4cc(C(F)(F)F)c(OCc5ccc(C(F)(F)F)cn5)cc4C3)n(C[C@@H]3CCO3)c2c1. The molecule has 1 atom stereocenters. The van der Waals surface area contributed by atoms with Crippen molar-refractivity contribution in [3.8, 4) is 5.75 Å². The molecule has 1 saturated heterocycles. The summed E-state index contributed by atoms with van der Waals surface area (Å²) >= 11 is 0. The van der Waals surface area contributed by atoms with E-state index in [1.165, 1.54) is 12.1 Å². The number of carboxylic acids is 1. The number of benzene rings is 2. The summed E-state index contributed by atoms with van der Waals surface area (Å²) in [6, 6.07) is 8.98. The van der Waals surface area contributed by atoms with Crippen LogP contribution >= 0.6 is 0 Å². The molecule has 0 unspecified atom stereocenters. The normalized spacial score (nSPS) is 17.4. The number of carbonyl (C=O) groups is 1. The fourth-order valence-corrected chi connectivity index (χ4v) is 5.41. The van der Waals surface area contributed by atoms with Gasteiger partial charge in [-0.25, -0.2) is 9.78 Å². The second kappa shape index (κ2) is 11.4. The molecular formula is C30H26F6N4O4. The van der Waals surface area contributed by atoms with Crippen LogP contribution in [0.3, 0.4) is 0 Å². The molecule has 0 amide bonds.